The zero-order valence-electron chi connectivity index (χ0n) is 15.8. The fourth-order valence-electron chi connectivity index (χ4n) is 1.87. The van der Waals surface area contributed by atoms with Gasteiger partial charge >= 0.3 is 12.1 Å². The number of amides is 2. The summed E-state index contributed by atoms with van der Waals surface area (Å²) < 4.78 is 15.2. The van der Waals surface area contributed by atoms with E-state index in [1.54, 1.807) is 45.0 Å². The molecule has 8 nitrogen and oxygen atoms in total. The van der Waals surface area contributed by atoms with Crippen LogP contribution in [0.1, 0.15) is 34.1 Å². The zero-order chi connectivity index (χ0) is 19.7. The van der Waals surface area contributed by atoms with E-state index in [1.165, 1.54) is 14.0 Å². The van der Waals surface area contributed by atoms with Gasteiger partial charge in [-0.05, 0) is 39.8 Å². The summed E-state index contributed by atoms with van der Waals surface area (Å²) in [4.78, 5) is 35.4. The minimum Gasteiger partial charge on any atom is -0.495 e. The summed E-state index contributed by atoms with van der Waals surface area (Å²) in [7, 11) is 1.49. The maximum absolute atomic E-state index is 12.1. The van der Waals surface area contributed by atoms with Crippen LogP contribution < -0.4 is 15.4 Å². The summed E-state index contributed by atoms with van der Waals surface area (Å²) in [6.07, 6.45) is -1.69. The number of benzene rings is 1. The molecule has 8 heteroatoms. The third kappa shape index (κ3) is 7.87. The first kappa shape index (κ1) is 21.3. The topological polar surface area (TPSA) is 103 Å². The Hall–Kier alpha value is -2.77. The molecule has 0 spiro atoms. The molecule has 0 aromatic heterocycles. The summed E-state index contributed by atoms with van der Waals surface area (Å²) in [6, 6.07) is 6.90. The molecule has 2 N–H and O–H groups in total. The van der Waals surface area contributed by atoms with E-state index in [0.717, 1.165) is 0 Å². The number of nitrogens with one attached hydrogen (secondary N) is 2. The van der Waals surface area contributed by atoms with Crippen molar-refractivity contribution in [3.05, 3.63) is 24.3 Å². The van der Waals surface area contributed by atoms with E-state index >= 15 is 0 Å². The van der Waals surface area contributed by atoms with Crippen LogP contribution in [0, 0.1) is 0 Å². The summed E-state index contributed by atoms with van der Waals surface area (Å²) in [5.74, 6) is -0.590. The molecule has 26 heavy (non-hydrogen) atoms. The molecule has 1 aromatic carbocycles. The average molecular weight is 366 g/mol. The third-order valence-electron chi connectivity index (χ3n) is 3.04. The number of para-hydroxylation sites is 2. The third-order valence-corrected chi connectivity index (χ3v) is 3.04. The first-order chi connectivity index (χ1) is 12.1. The van der Waals surface area contributed by atoms with Gasteiger partial charge in [0, 0.05) is 6.54 Å². The minimum absolute atomic E-state index is 0.0502. The fourth-order valence-corrected chi connectivity index (χ4v) is 1.87. The second-order valence-electron chi connectivity index (χ2n) is 6.50. The number of carbonyl (C=O) groups is 3. The zero-order valence-corrected chi connectivity index (χ0v) is 15.8. The molecular formula is C18H26N2O6. The first-order valence-corrected chi connectivity index (χ1v) is 8.22. The van der Waals surface area contributed by atoms with Gasteiger partial charge in [0.25, 0.3) is 5.91 Å². The predicted molar refractivity (Wildman–Crippen MR) is 96.0 cm³/mol. The predicted octanol–water partition coefficient (Wildman–Crippen LogP) is 2.48. The van der Waals surface area contributed by atoms with Gasteiger partial charge in [0.05, 0.1) is 19.2 Å². The van der Waals surface area contributed by atoms with Gasteiger partial charge in [-0.3, -0.25) is 9.59 Å². The number of methoxy groups -OCH3 is 1. The lowest BCUT2D eigenvalue weighted by Gasteiger charge is -2.19. The Bertz CT molecular complexity index is 639. The normalized spacial score (nSPS) is 11.9. The second kappa shape index (κ2) is 9.65. The van der Waals surface area contributed by atoms with Gasteiger partial charge < -0.3 is 24.8 Å². The Morgan fingerprint density at radius 1 is 1.15 bits per heavy atom. The van der Waals surface area contributed by atoms with Crippen molar-refractivity contribution in [2.24, 2.45) is 0 Å². The minimum atomic E-state index is -0.992. The molecule has 2 amide bonds. The highest BCUT2D eigenvalue weighted by molar-refractivity contribution is 5.96. The summed E-state index contributed by atoms with van der Waals surface area (Å²) in [6.45, 7) is 6.73. The molecule has 0 bridgehead atoms. The number of ether oxygens (including phenoxy) is 3. The molecule has 0 radical (unpaired) electrons. The van der Waals surface area contributed by atoms with E-state index in [-0.39, 0.29) is 13.0 Å². The van der Waals surface area contributed by atoms with Gasteiger partial charge in [0.1, 0.15) is 11.4 Å². The van der Waals surface area contributed by atoms with Crippen LogP contribution >= 0.6 is 0 Å². The van der Waals surface area contributed by atoms with Crippen molar-refractivity contribution in [3.8, 4) is 5.75 Å². The Kier molecular flexibility index (Phi) is 7.89. The van der Waals surface area contributed by atoms with Gasteiger partial charge in [0.2, 0.25) is 0 Å². The standard InChI is InChI=1S/C18H26N2O6/c1-12(16(22)20-13-8-6-7-9-14(13)24-5)25-15(21)10-11-19-17(23)26-18(2,3)4/h6-9,12H,10-11H2,1-5H3,(H,19,23)(H,20,22)/t12-/m0/s1. The number of rotatable bonds is 7. The van der Waals surface area contributed by atoms with Crippen LogP contribution in [0.25, 0.3) is 0 Å². The van der Waals surface area contributed by atoms with Crippen LogP contribution in [0.4, 0.5) is 10.5 Å². The molecule has 144 valence electrons. The van der Waals surface area contributed by atoms with Gasteiger partial charge in [0.15, 0.2) is 6.10 Å². The summed E-state index contributed by atoms with van der Waals surface area (Å²) in [5.41, 5.74) is -0.134. The van der Waals surface area contributed by atoms with Gasteiger partial charge in [-0.1, -0.05) is 12.1 Å². The summed E-state index contributed by atoms with van der Waals surface area (Å²) >= 11 is 0. The molecule has 0 heterocycles. The highest BCUT2D eigenvalue weighted by Gasteiger charge is 2.20. The van der Waals surface area contributed by atoms with Gasteiger partial charge in [-0.2, -0.15) is 0 Å². The summed E-state index contributed by atoms with van der Waals surface area (Å²) in [5, 5.41) is 5.08. The average Bonchev–Trinajstić information content (AvgIpc) is 2.53. The van der Waals surface area contributed by atoms with Crippen molar-refractivity contribution < 1.29 is 28.6 Å². The molecule has 1 rings (SSSR count). The smallest absolute Gasteiger partial charge is 0.407 e. The first-order valence-electron chi connectivity index (χ1n) is 8.22. The SMILES string of the molecule is COc1ccccc1NC(=O)[C@H](C)OC(=O)CCNC(=O)OC(C)(C)C. The van der Waals surface area contributed by atoms with Crippen LogP contribution in [0.2, 0.25) is 0 Å². The van der Waals surface area contributed by atoms with E-state index in [1.807, 2.05) is 0 Å². The number of esters is 1. The van der Waals surface area contributed by atoms with Crippen molar-refractivity contribution >= 4 is 23.7 Å². The lowest BCUT2D eigenvalue weighted by atomic mass is 10.2. The van der Waals surface area contributed by atoms with Crippen LogP contribution in [0.5, 0.6) is 5.75 Å². The van der Waals surface area contributed by atoms with Gasteiger partial charge in [-0.15, -0.1) is 0 Å². The second-order valence-corrected chi connectivity index (χ2v) is 6.50. The van der Waals surface area contributed by atoms with Crippen LogP contribution in [-0.4, -0.2) is 43.3 Å². The number of hydrogen-bond donors (Lipinski definition) is 2. The molecule has 0 unspecified atom stereocenters. The van der Waals surface area contributed by atoms with E-state index < -0.39 is 29.7 Å². The maximum atomic E-state index is 12.1. The Morgan fingerprint density at radius 2 is 1.81 bits per heavy atom. The molecule has 1 aromatic rings. The molecule has 0 aliphatic heterocycles. The Balaban J connectivity index is 2.39. The van der Waals surface area contributed by atoms with Crippen LogP contribution in [0.15, 0.2) is 24.3 Å². The number of hydrogen-bond acceptors (Lipinski definition) is 6. The van der Waals surface area contributed by atoms with E-state index in [2.05, 4.69) is 10.6 Å². The van der Waals surface area contributed by atoms with Crippen LogP contribution in [-0.2, 0) is 19.1 Å². The molecule has 0 aliphatic carbocycles. The largest absolute Gasteiger partial charge is 0.495 e. The number of carbonyl (C=O) groups excluding carboxylic acids is 3. The van der Waals surface area contributed by atoms with E-state index in [9.17, 15) is 14.4 Å². The molecule has 0 saturated heterocycles. The van der Waals surface area contributed by atoms with Crippen molar-refractivity contribution in [3.63, 3.8) is 0 Å². The lowest BCUT2D eigenvalue weighted by Crippen LogP contribution is -2.35. The Morgan fingerprint density at radius 3 is 2.42 bits per heavy atom. The molecule has 0 fully saturated rings. The fraction of sp³-hybridized carbons (Fsp3) is 0.500. The molecular weight excluding hydrogens is 340 g/mol. The quantitative estimate of drug-likeness (QED) is 0.719. The van der Waals surface area contributed by atoms with E-state index in [4.69, 9.17) is 14.2 Å². The van der Waals surface area contributed by atoms with Crippen LogP contribution in [0.3, 0.4) is 0 Å². The van der Waals surface area contributed by atoms with Crippen molar-refractivity contribution in [1.82, 2.24) is 5.32 Å². The molecule has 0 saturated carbocycles. The number of anilines is 1. The van der Waals surface area contributed by atoms with Crippen molar-refractivity contribution in [2.45, 2.75) is 45.8 Å². The van der Waals surface area contributed by atoms with Gasteiger partial charge in [-0.25, -0.2) is 4.79 Å². The maximum Gasteiger partial charge on any atom is 0.407 e. The van der Waals surface area contributed by atoms with Crippen molar-refractivity contribution in [2.75, 3.05) is 19.0 Å². The highest BCUT2D eigenvalue weighted by Crippen LogP contribution is 2.23. The molecule has 0 aliphatic rings. The molecule has 1 atom stereocenters. The lowest BCUT2D eigenvalue weighted by molar-refractivity contribution is -0.153. The monoisotopic (exact) mass is 366 g/mol. The van der Waals surface area contributed by atoms with Crippen molar-refractivity contribution in [1.29, 1.82) is 0 Å². The number of alkyl carbamates (subject to hydrolysis) is 1. The van der Waals surface area contributed by atoms with E-state index in [0.29, 0.717) is 11.4 Å². The Labute approximate surface area is 153 Å². The highest BCUT2D eigenvalue weighted by atomic mass is 16.6.